The van der Waals surface area contributed by atoms with Crippen molar-refractivity contribution >= 4 is 23.3 Å². The summed E-state index contributed by atoms with van der Waals surface area (Å²) >= 11 is 0. The van der Waals surface area contributed by atoms with Gasteiger partial charge in [0, 0.05) is 30.7 Å². The first-order valence-electron chi connectivity index (χ1n) is 9.84. The summed E-state index contributed by atoms with van der Waals surface area (Å²) in [5.74, 6) is -0.361. The number of hydrogen-bond donors (Lipinski definition) is 0. The fourth-order valence-electron chi connectivity index (χ4n) is 3.42. The topological polar surface area (TPSA) is 46.8 Å². The third kappa shape index (κ3) is 4.41. The van der Waals surface area contributed by atoms with E-state index in [1.807, 2.05) is 59.4 Å². The molecule has 0 bridgehead atoms. The Balaban J connectivity index is 1.51. The van der Waals surface area contributed by atoms with Gasteiger partial charge in [-0.3, -0.25) is 0 Å². The minimum absolute atomic E-state index is 0.361. The monoisotopic (exact) mass is 397 g/mol. The van der Waals surface area contributed by atoms with Crippen LogP contribution in [0.4, 0.5) is 0 Å². The molecule has 3 heterocycles. The molecule has 0 N–H and O–H groups in total. The second-order valence-electron chi connectivity index (χ2n) is 6.90. The highest BCUT2D eigenvalue weighted by atomic mass is 16.5. The molecule has 2 aromatic heterocycles. The molecule has 0 fully saturated rings. The highest BCUT2D eigenvalue weighted by molar-refractivity contribution is 5.87. The number of fused-ring (bicyclic) bond motifs is 1. The van der Waals surface area contributed by atoms with Crippen molar-refractivity contribution in [2.75, 3.05) is 13.7 Å². The van der Waals surface area contributed by atoms with Crippen LogP contribution in [0.15, 0.2) is 91.4 Å². The van der Waals surface area contributed by atoms with Gasteiger partial charge in [-0.25, -0.2) is 9.31 Å². The lowest BCUT2D eigenvalue weighted by atomic mass is 10.1. The van der Waals surface area contributed by atoms with E-state index in [4.69, 9.17) is 0 Å². The van der Waals surface area contributed by atoms with Crippen LogP contribution in [0.1, 0.15) is 16.7 Å². The largest absolute Gasteiger partial charge is 0.466 e. The number of ether oxygens (including phenoxy) is 1. The van der Waals surface area contributed by atoms with E-state index < -0.39 is 0 Å². The van der Waals surface area contributed by atoms with Crippen LogP contribution < -0.4 is 0 Å². The maximum absolute atomic E-state index is 11.3. The molecule has 150 valence electrons. The van der Waals surface area contributed by atoms with Crippen LogP contribution in [-0.4, -0.2) is 34.1 Å². The van der Waals surface area contributed by atoms with Gasteiger partial charge >= 0.3 is 5.97 Å². The van der Waals surface area contributed by atoms with E-state index in [2.05, 4.69) is 45.2 Å². The first-order chi connectivity index (χ1) is 14.7. The van der Waals surface area contributed by atoms with Crippen molar-refractivity contribution in [2.24, 2.45) is 0 Å². The third-order valence-corrected chi connectivity index (χ3v) is 5.00. The third-order valence-electron chi connectivity index (χ3n) is 5.00. The van der Waals surface area contributed by atoms with Crippen LogP contribution in [0.25, 0.3) is 17.3 Å². The van der Waals surface area contributed by atoms with Gasteiger partial charge in [0.15, 0.2) is 0 Å². The fraction of sp³-hybridized carbons (Fsp3) is 0.120. The minimum Gasteiger partial charge on any atom is -0.466 e. The molecule has 0 spiro atoms. The van der Waals surface area contributed by atoms with Crippen LogP contribution >= 0.6 is 0 Å². The van der Waals surface area contributed by atoms with Crippen molar-refractivity contribution in [2.45, 2.75) is 6.42 Å². The lowest BCUT2D eigenvalue weighted by molar-refractivity contribution is -0.134. The van der Waals surface area contributed by atoms with E-state index >= 15 is 0 Å². The molecule has 3 aromatic rings. The fourth-order valence-corrected chi connectivity index (χ4v) is 3.42. The van der Waals surface area contributed by atoms with E-state index in [1.165, 1.54) is 18.7 Å². The lowest BCUT2D eigenvalue weighted by Crippen LogP contribution is -2.18. The van der Waals surface area contributed by atoms with Crippen molar-refractivity contribution in [1.29, 1.82) is 0 Å². The average Bonchev–Trinajstić information content (AvgIpc) is 3.05. The maximum Gasteiger partial charge on any atom is 0.330 e. The number of rotatable bonds is 6. The Labute approximate surface area is 175 Å². The molecule has 0 aliphatic carbocycles. The number of carbonyl (C=O) groups excluding carboxylic acids is 1. The van der Waals surface area contributed by atoms with Crippen molar-refractivity contribution in [3.05, 3.63) is 108 Å². The zero-order valence-electron chi connectivity index (χ0n) is 16.8. The van der Waals surface area contributed by atoms with Gasteiger partial charge in [0.05, 0.1) is 18.8 Å². The summed E-state index contributed by atoms with van der Waals surface area (Å²) < 4.78 is 6.55. The molecule has 0 radical (unpaired) electrons. The van der Waals surface area contributed by atoms with E-state index in [0.29, 0.717) is 0 Å². The van der Waals surface area contributed by atoms with Crippen LogP contribution in [0.2, 0.25) is 0 Å². The highest BCUT2D eigenvalue weighted by Crippen LogP contribution is 2.23. The van der Waals surface area contributed by atoms with E-state index in [9.17, 15) is 4.79 Å². The Kier molecular flexibility index (Phi) is 5.90. The number of aromatic nitrogens is 2. The molecular weight excluding hydrogens is 374 g/mol. The van der Waals surface area contributed by atoms with Gasteiger partial charge in [0.2, 0.25) is 0 Å². The first kappa shape index (κ1) is 19.5. The molecular formula is C25H23N3O2. The van der Waals surface area contributed by atoms with E-state index in [1.54, 1.807) is 6.08 Å². The average molecular weight is 397 g/mol. The summed E-state index contributed by atoms with van der Waals surface area (Å²) in [5, 5.41) is 4.44. The highest BCUT2D eigenvalue weighted by Gasteiger charge is 2.12. The Morgan fingerprint density at radius 1 is 1.10 bits per heavy atom. The summed E-state index contributed by atoms with van der Waals surface area (Å²) in [6.07, 6.45) is 18.3. The molecule has 5 heteroatoms. The number of nitrogens with zero attached hydrogens (tertiary/aromatic N) is 3. The molecule has 0 saturated heterocycles. The minimum atomic E-state index is -0.361. The Morgan fingerprint density at radius 2 is 1.97 bits per heavy atom. The van der Waals surface area contributed by atoms with Gasteiger partial charge in [-0.05, 0) is 53.5 Å². The number of carbonyl (C=O) groups is 1. The Morgan fingerprint density at radius 3 is 2.80 bits per heavy atom. The van der Waals surface area contributed by atoms with Crippen LogP contribution in [0, 0.1) is 0 Å². The molecule has 5 nitrogen and oxygen atoms in total. The predicted octanol–water partition coefficient (Wildman–Crippen LogP) is 4.49. The zero-order chi connectivity index (χ0) is 20.8. The number of benzene rings is 1. The summed E-state index contributed by atoms with van der Waals surface area (Å²) in [7, 11) is 1.37. The normalized spacial score (nSPS) is 13.6. The number of hydrogen-bond acceptors (Lipinski definition) is 4. The van der Waals surface area contributed by atoms with Gasteiger partial charge in [0.25, 0.3) is 0 Å². The molecule has 0 unspecified atom stereocenters. The predicted molar refractivity (Wildman–Crippen MR) is 119 cm³/mol. The molecule has 0 saturated carbocycles. The number of allylic oxidation sites excluding steroid dienone is 4. The van der Waals surface area contributed by atoms with Crippen molar-refractivity contribution < 1.29 is 9.53 Å². The molecule has 0 atom stereocenters. The second-order valence-corrected chi connectivity index (χ2v) is 6.90. The van der Waals surface area contributed by atoms with E-state index in [0.717, 1.165) is 35.3 Å². The van der Waals surface area contributed by atoms with Crippen molar-refractivity contribution in [1.82, 2.24) is 14.5 Å². The standard InChI is InChI=1S/C25H23N3O2/c1-30-25(29)14-11-20-9-12-21(13-10-20)23-7-3-2-5-16-27(23)18-15-22-19-26-28-17-6-4-8-24(22)28/h2-14,16-17,19H,15,18H2,1H3/b14-11+. The Bertz CT molecular complexity index is 1150. The van der Waals surface area contributed by atoms with Crippen LogP contribution in [0.3, 0.4) is 0 Å². The number of methoxy groups -OCH3 is 1. The van der Waals surface area contributed by atoms with Crippen LogP contribution in [-0.2, 0) is 16.0 Å². The van der Waals surface area contributed by atoms with Crippen molar-refractivity contribution in [3.8, 4) is 0 Å². The van der Waals surface area contributed by atoms with Gasteiger partial charge in [-0.15, -0.1) is 0 Å². The van der Waals surface area contributed by atoms with E-state index in [-0.39, 0.29) is 5.97 Å². The quantitative estimate of drug-likeness (QED) is 0.454. The molecule has 0 amide bonds. The van der Waals surface area contributed by atoms with Gasteiger partial charge in [-0.1, -0.05) is 42.5 Å². The first-order valence-corrected chi connectivity index (χ1v) is 9.84. The molecule has 30 heavy (non-hydrogen) atoms. The SMILES string of the molecule is COC(=O)/C=C/c1ccc(C2=CC=CC=CN2CCc2cnn3ccccc23)cc1. The lowest BCUT2D eigenvalue weighted by Gasteiger charge is -2.23. The van der Waals surface area contributed by atoms with Gasteiger partial charge in [-0.2, -0.15) is 5.10 Å². The summed E-state index contributed by atoms with van der Waals surface area (Å²) in [5.41, 5.74) is 5.55. The maximum atomic E-state index is 11.3. The molecule has 1 aromatic carbocycles. The molecule has 1 aliphatic rings. The summed E-state index contributed by atoms with van der Waals surface area (Å²) in [4.78, 5) is 13.5. The number of esters is 1. The smallest absolute Gasteiger partial charge is 0.330 e. The van der Waals surface area contributed by atoms with Crippen molar-refractivity contribution in [3.63, 3.8) is 0 Å². The van der Waals surface area contributed by atoms with Gasteiger partial charge < -0.3 is 9.64 Å². The number of pyridine rings is 1. The molecule has 4 rings (SSSR count). The van der Waals surface area contributed by atoms with Crippen LogP contribution in [0.5, 0.6) is 0 Å². The zero-order valence-corrected chi connectivity index (χ0v) is 16.8. The molecule has 1 aliphatic heterocycles. The second kappa shape index (κ2) is 9.09. The summed E-state index contributed by atoms with van der Waals surface area (Å²) in [6, 6.07) is 14.3. The Hall–Kier alpha value is -3.86. The summed E-state index contributed by atoms with van der Waals surface area (Å²) in [6.45, 7) is 0.838. The van der Waals surface area contributed by atoms with Gasteiger partial charge in [0.1, 0.15) is 0 Å².